The fourth-order valence-electron chi connectivity index (χ4n) is 2.85. The Morgan fingerprint density at radius 2 is 2.17 bits per heavy atom. The van der Waals surface area contributed by atoms with Gasteiger partial charge in [-0.15, -0.1) is 24.0 Å². The summed E-state index contributed by atoms with van der Waals surface area (Å²) in [4.78, 5) is 18.3. The predicted molar refractivity (Wildman–Crippen MR) is 107 cm³/mol. The van der Waals surface area contributed by atoms with Crippen LogP contribution in [0.4, 0.5) is 0 Å². The van der Waals surface area contributed by atoms with Crippen LogP contribution in [0.25, 0.3) is 0 Å². The average molecular weight is 448 g/mol. The zero-order valence-electron chi connectivity index (χ0n) is 15.0. The average Bonchev–Trinajstić information content (AvgIpc) is 3.10. The first-order valence-electron chi connectivity index (χ1n) is 8.42. The Hall–Kier alpha value is -1.25. The van der Waals surface area contributed by atoms with Crippen molar-refractivity contribution >= 4 is 35.8 Å². The largest absolute Gasteiger partial charge is 0.466 e. The van der Waals surface area contributed by atoms with Crippen LogP contribution in [0.2, 0.25) is 0 Å². The number of halogens is 1. The molecular weight excluding hydrogens is 419 g/mol. The Labute approximate surface area is 161 Å². The first kappa shape index (κ1) is 20.8. The molecule has 24 heavy (non-hydrogen) atoms. The molecule has 1 aliphatic heterocycles. The lowest BCUT2D eigenvalue weighted by molar-refractivity contribution is -0.129. The van der Waals surface area contributed by atoms with Crippen molar-refractivity contribution < 1.29 is 9.21 Å². The monoisotopic (exact) mass is 448 g/mol. The molecule has 1 aromatic rings. The van der Waals surface area contributed by atoms with Crippen molar-refractivity contribution in [3.05, 3.63) is 23.2 Å². The number of aliphatic imine (C=N–C) groups is 1. The fraction of sp³-hybridized carbons (Fsp3) is 0.647. The van der Waals surface area contributed by atoms with E-state index >= 15 is 0 Å². The molecule has 6 nitrogen and oxygen atoms in total. The van der Waals surface area contributed by atoms with E-state index < -0.39 is 0 Å². The molecule has 1 unspecified atom stereocenters. The van der Waals surface area contributed by atoms with Crippen LogP contribution >= 0.6 is 24.0 Å². The van der Waals surface area contributed by atoms with E-state index in [9.17, 15) is 4.79 Å². The van der Waals surface area contributed by atoms with Crippen molar-refractivity contribution in [1.29, 1.82) is 0 Å². The molecule has 1 aliphatic rings. The lowest BCUT2D eigenvalue weighted by Gasteiger charge is -2.18. The second kappa shape index (κ2) is 9.90. The van der Waals surface area contributed by atoms with Gasteiger partial charge in [0.15, 0.2) is 5.96 Å². The number of carbonyl (C=O) groups excluding carboxylic acids is 1. The van der Waals surface area contributed by atoms with E-state index in [1.807, 2.05) is 38.7 Å². The van der Waals surface area contributed by atoms with Crippen LogP contribution in [0.1, 0.15) is 43.8 Å². The maximum absolute atomic E-state index is 11.8. The molecule has 1 atom stereocenters. The topological polar surface area (TPSA) is 69.9 Å². The van der Waals surface area contributed by atoms with Gasteiger partial charge >= 0.3 is 0 Å². The number of hydrogen-bond acceptors (Lipinski definition) is 3. The quantitative estimate of drug-likeness (QED) is 0.413. The Balaban J connectivity index is 0.00000288. The summed E-state index contributed by atoms with van der Waals surface area (Å²) in [5, 5.41) is 6.71. The van der Waals surface area contributed by atoms with E-state index in [4.69, 9.17) is 4.42 Å². The molecule has 1 aromatic heterocycles. The summed E-state index contributed by atoms with van der Waals surface area (Å²) in [6.07, 6.45) is 1.53. The number of hydrogen-bond donors (Lipinski definition) is 2. The van der Waals surface area contributed by atoms with Crippen molar-refractivity contribution in [1.82, 2.24) is 15.5 Å². The molecule has 136 valence electrons. The molecule has 2 N–H and O–H groups in total. The number of nitrogens with one attached hydrogen (secondary N) is 2. The van der Waals surface area contributed by atoms with Gasteiger partial charge in [0.1, 0.15) is 11.5 Å². The van der Waals surface area contributed by atoms with Crippen LogP contribution in [0, 0.1) is 13.8 Å². The van der Waals surface area contributed by atoms with Gasteiger partial charge in [-0.1, -0.05) is 6.92 Å². The maximum atomic E-state index is 11.8. The molecular formula is C17H29IN4O2. The van der Waals surface area contributed by atoms with E-state index in [1.54, 1.807) is 0 Å². The van der Waals surface area contributed by atoms with Crippen molar-refractivity contribution in [2.75, 3.05) is 19.6 Å². The Morgan fingerprint density at radius 1 is 1.42 bits per heavy atom. The number of amides is 1. The van der Waals surface area contributed by atoms with E-state index in [0.717, 1.165) is 49.1 Å². The standard InChI is InChI=1S/C17H28N4O2.HI/c1-5-16(22)21-8-7-15(11-21)20-17(18-6-2)19-10-14-9-12(3)23-13(14)4;/h9,15H,5-8,10-11H2,1-4H3,(H2,18,19,20);1H. The van der Waals surface area contributed by atoms with Crippen molar-refractivity contribution in [3.8, 4) is 0 Å². The number of likely N-dealkylation sites (tertiary alicyclic amines) is 1. The number of guanidine groups is 1. The minimum absolute atomic E-state index is 0. The molecule has 1 amide bonds. The van der Waals surface area contributed by atoms with Crippen molar-refractivity contribution in [2.24, 2.45) is 4.99 Å². The van der Waals surface area contributed by atoms with Gasteiger partial charge in [0, 0.05) is 37.7 Å². The summed E-state index contributed by atoms with van der Waals surface area (Å²) in [6, 6.07) is 2.29. The SMILES string of the molecule is CCNC(=NCc1cc(C)oc1C)NC1CCN(C(=O)CC)C1.I. The zero-order valence-corrected chi connectivity index (χ0v) is 17.3. The molecule has 0 spiro atoms. The highest BCUT2D eigenvalue weighted by molar-refractivity contribution is 14.0. The van der Waals surface area contributed by atoms with Gasteiger partial charge in [-0.25, -0.2) is 4.99 Å². The molecule has 0 radical (unpaired) electrons. The van der Waals surface area contributed by atoms with E-state index in [1.165, 1.54) is 0 Å². The molecule has 0 saturated carbocycles. The third-order valence-corrected chi connectivity index (χ3v) is 4.08. The highest BCUT2D eigenvalue weighted by Crippen LogP contribution is 2.15. The van der Waals surface area contributed by atoms with Crippen LogP contribution in [0.3, 0.4) is 0 Å². The minimum atomic E-state index is 0. The number of carbonyl (C=O) groups is 1. The van der Waals surface area contributed by atoms with E-state index in [2.05, 4.69) is 15.6 Å². The first-order valence-corrected chi connectivity index (χ1v) is 8.42. The zero-order chi connectivity index (χ0) is 16.8. The van der Waals surface area contributed by atoms with Crippen LogP contribution in [0.15, 0.2) is 15.5 Å². The van der Waals surface area contributed by atoms with E-state index in [0.29, 0.717) is 13.0 Å². The van der Waals surface area contributed by atoms with Gasteiger partial charge < -0.3 is 20.0 Å². The molecule has 0 aliphatic carbocycles. The summed E-state index contributed by atoms with van der Waals surface area (Å²) >= 11 is 0. The molecule has 7 heteroatoms. The Bertz CT molecular complexity index is 571. The number of nitrogens with zero attached hydrogens (tertiary/aromatic N) is 2. The normalized spacial score (nSPS) is 17.6. The summed E-state index contributed by atoms with van der Waals surface area (Å²) in [5.74, 6) is 2.85. The summed E-state index contributed by atoms with van der Waals surface area (Å²) in [6.45, 7) is 10.8. The molecule has 1 fully saturated rings. The van der Waals surface area contributed by atoms with Crippen molar-refractivity contribution in [3.63, 3.8) is 0 Å². The molecule has 0 aromatic carbocycles. The first-order chi connectivity index (χ1) is 11.0. The Morgan fingerprint density at radius 3 is 2.75 bits per heavy atom. The van der Waals surface area contributed by atoms with Crippen LogP contribution in [-0.4, -0.2) is 42.4 Å². The molecule has 1 saturated heterocycles. The Kier molecular flexibility index (Phi) is 8.58. The van der Waals surface area contributed by atoms with Crippen LogP contribution in [-0.2, 0) is 11.3 Å². The van der Waals surface area contributed by atoms with E-state index in [-0.39, 0.29) is 35.9 Å². The third kappa shape index (κ3) is 5.68. The van der Waals surface area contributed by atoms with Gasteiger partial charge in [0.2, 0.25) is 5.91 Å². The van der Waals surface area contributed by atoms with Crippen LogP contribution < -0.4 is 10.6 Å². The fourth-order valence-corrected chi connectivity index (χ4v) is 2.85. The van der Waals surface area contributed by atoms with Crippen molar-refractivity contribution in [2.45, 2.75) is 53.1 Å². The van der Waals surface area contributed by atoms with Gasteiger partial charge in [-0.2, -0.15) is 0 Å². The summed E-state index contributed by atoms with van der Waals surface area (Å²) < 4.78 is 5.54. The lowest BCUT2D eigenvalue weighted by atomic mass is 10.2. The van der Waals surface area contributed by atoms with Gasteiger partial charge in [0.05, 0.1) is 6.54 Å². The van der Waals surface area contributed by atoms with Gasteiger partial charge in [-0.05, 0) is 33.3 Å². The lowest BCUT2D eigenvalue weighted by Crippen LogP contribution is -2.45. The highest BCUT2D eigenvalue weighted by Gasteiger charge is 2.25. The summed E-state index contributed by atoms with van der Waals surface area (Å²) in [5.41, 5.74) is 1.11. The third-order valence-electron chi connectivity index (χ3n) is 4.08. The van der Waals surface area contributed by atoms with Gasteiger partial charge in [-0.3, -0.25) is 4.79 Å². The maximum Gasteiger partial charge on any atom is 0.222 e. The van der Waals surface area contributed by atoms with Gasteiger partial charge in [0.25, 0.3) is 0 Å². The number of rotatable bonds is 5. The number of furan rings is 1. The summed E-state index contributed by atoms with van der Waals surface area (Å²) in [7, 11) is 0. The second-order valence-electron chi connectivity index (χ2n) is 5.96. The van der Waals surface area contributed by atoms with Crippen LogP contribution in [0.5, 0.6) is 0 Å². The molecule has 2 rings (SSSR count). The predicted octanol–water partition coefficient (Wildman–Crippen LogP) is 2.58. The minimum Gasteiger partial charge on any atom is -0.466 e. The molecule has 0 bridgehead atoms. The smallest absolute Gasteiger partial charge is 0.222 e. The molecule has 2 heterocycles. The highest BCUT2D eigenvalue weighted by atomic mass is 127. The number of aryl methyl sites for hydroxylation is 2. The second-order valence-corrected chi connectivity index (χ2v) is 5.96.